The largest absolute Gasteiger partial charge is 0.493 e. The van der Waals surface area contributed by atoms with Gasteiger partial charge in [-0.15, -0.1) is 0 Å². The van der Waals surface area contributed by atoms with Crippen molar-refractivity contribution in [3.63, 3.8) is 0 Å². The van der Waals surface area contributed by atoms with E-state index >= 15 is 0 Å². The van der Waals surface area contributed by atoms with Gasteiger partial charge in [0.1, 0.15) is 17.1 Å². The summed E-state index contributed by atoms with van der Waals surface area (Å²) < 4.78 is 21.2. The van der Waals surface area contributed by atoms with Crippen LogP contribution in [-0.2, 0) is 24.2 Å². The Hall–Kier alpha value is -3.03. The number of ether oxygens (including phenoxy) is 1. The normalized spacial score (nSPS) is 13.0. The summed E-state index contributed by atoms with van der Waals surface area (Å²) in [7, 11) is 0. The van der Waals surface area contributed by atoms with Gasteiger partial charge in [0, 0.05) is 25.8 Å². The second-order valence-electron chi connectivity index (χ2n) is 6.81. The van der Waals surface area contributed by atoms with E-state index in [4.69, 9.17) is 10.5 Å². The van der Waals surface area contributed by atoms with Crippen LogP contribution >= 0.6 is 0 Å². The fourth-order valence-corrected chi connectivity index (χ4v) is 3.49. The average Bonchev–Trinajstić information content (AvgIpc) is 3.17. The number of aryl methyl sites for hydroxylation is 3. The maximum absolute atomic E-state index is 13.8. The van der Waals surface area contributed by atoms with Gasteiger partial charge in [0.25, 0.3) is 0 Å². The fourth-order valence-electron chi connectivity index (χ4n) is 3.49. The molecule has 1 aliphatic rings. The Kier molecular flexibility index (Phi) is 4.25. The predicted octanol–water partition coefficient (Wildman–Crippen LogP) is 1.98. The number of halogens is 1. The molecule has 1 aromatic carbocycles. The molecule has 3 heterocycles. The SMILES string of the molecule is Cc1cc2c(cc1Cc1nc3c(C)nc(F)nc3n1CCC(N)=O)OCC2. The Morgan fingerprint density at radius 3 is 2.89 bits per heavy atom. The molecule has 140 valence electrons. The number of carbonyl (C=O) groups is 1. The summed E-state index contributed by atoms with van der Waals surface area (Å²) >= 11 is 0. The molecule has 1 amide bonds. The predicted molar refractivity (Wildman–Crippen MR) is 97.0 cm³/mol. The molecule has 0 saturated carbocycles. The van der Waals surface area contributed by atoms with Crippen molar-refractivity contribution in [1.82, 2.24) is 19.5 Å². The molecule has 0 bridgehead atoms. The van der Waals surface area contributed by atoms with Gasteiger partial charge in [-0.1, -0.05) is 6.07 Å². The van der Waals surface area contributed by atoms with Gasteiger partial charge in [-0.05, 0) is 36.6 Å². The molecule has 0 unspecified atom stereocenters. The first-order valence-corrected chi connectivity index (χ1v) is 8.85. The zero-order valence-corrected chi connectivity index (χ0v) is 15.3. The van der Waals surface area contributed by atoms with Crippen LogP contribution in [0.1, 0.15) is 34.6 Å². The van der Waals surface area contributed by atoms with Crippen molar-refractivity contribution < 1.29 is 13.9 Å². The van der Waals surface area contributed by atoms with E-state index in [2.05, 4.69) is 27.9 Å². The van der Waals surface area contributed by atoms with E-state index in [9.17, 15) is 9.18 Å². The van der Waals surface area contributed by atoms with Crippen LogP contribution in [0.25, 0.3) is 11.2 Å². The van der Waals surface area contributed by atoms with Gasteiger partial charge in [0.15, 0.2) is 5.65 Å². The molecule has 4 rings (SSSR count). The minimum absolute atomic E-state index is 0.120. The van der Waals surface area contributed by atoms with E-state index in [1.165, 1.54) is 5.56 Å². The summed E-state index contributed by atoms with van der Waals surface area (Å²) in [5.41, 5.74) is 10.1. The molecule has 2 aromatic heterocycles. The standard InChI is InChI=1S/C19H20FN5O2/c1-10-7-12-4-6-27-14(12)8-13(10)9-16-23-17-11(2)22-19(20)24-18(17)25(16)5-3-15(21)26/h7-8H,3-6,9H2,1-2H3,(H2,21,26). The number of amides is 1. The number of primary amides is 1. The van der Waals surface area contributed by atoms with Crippen LogP contribution in [0.4, 0.5) is 4.39 Å². The maximum Gasteiger partial charge on any atom is 0.310 e. The number of hydrogen-bond donors (Lipinski definition) is 1. The van der Waals surface area contributed by atoms with Crippen molar-refractivity contribution in [2.24, 2.45) is 5.73 Å². The van der Waals surface area contributed by atoms with E-state index in [1.807, 2.05) is 6.07 Å². The van der Waals surface area contributed by atoms with Crippen molar-refractivity contribution in [1.29, 1.82) is 0 Å². The molecule has 8 heteroatoms. The molecule has 7 nitrogen and oxygen atoms in total. The number of carbonyl (C=O) groups excluding carboxylic acids is 1. The van der Waals surface area contributed by atoms with Gasteiger partial charge in [0.2, 0.25) is 5.91 Å². The number of hydrogen-bond acceptors (Lipinski definition) is 5. The second kappa shape index (κ2) is 6.61. The Morgan fingerprint density at radius 1 is 1.30 bits per heavy atom. The molecule has 2 N–H and O–H groups in total. The Balaban J connectivity index is 1.80. The van der Waals surface area contributed by atoms with Gasteiger partial charge < -0.3 is 15.0 Å². The summed E-state index contributed by atoms with van der Waals surface area (Å²) in [6, 6.07) is 4.17. The number of fused-ring (bicyclic) bond motifs is 2. The zero-order chi connectivity index (χ0) is 19.1. The topological polar surface area (TPSA) is 95.9 Å². The van der Waals surface area contributed by atoms with E-state index in [0.717, 1.165) is 23.3 Å². The Bertz CT molecular complexity index is 1060. The minimum Gasteiger partial charge on any atom is -0.493 e. The van der Waals surface area contributed by atoms with E-state index in [1.54, 1.807) is 11.5 Å². The molecule has 0 fully saturated rings. The lowest BCUT2D eigenvalue weighted by atomic mass is 10.0. The summed E-state index contributed by atoms with van der Waals surface area (Å²) in [6.45, 7) is 4.73. The fraction of sp³-hybridized carbons (Fsp3) is 0.368. The van der Waals surface area contributed by atoms with Crippen LogP contribution in [-0.4, -0.2) is 32.0 Å². The van der Waals surface area contributed by atoms with Crippen LogP contribution in [0.2, 0.25) is 0 Å². The molecule has 0 saturated heterocycles. The Morgan fingerprint density at radius 2 is 2.11 bits per heavy atom. The molecular weight excluding hydrogens is 349 g/mol. The molecule has 0 atom stereocenters. The molecule has 3 aromatic rings. The number of nitrogens with two attached hydrogens (primary N) is 1. The number of benzene rings is 1. The Labute approximate surface area is 155 Å². The third kappa shape index (κ3) is 3.22. The first-order chi connectivity index (χ1) is 12.9. The minimum atomic E-state index is -0.811. The van der Waals surface area contributed by atoms with Gasteiger partial charge in [-0.2, -0.15) is 9.37 Å². The third-order valence-corrected chi connectivity index (χ3v) is 4.90. The number of rotatable bonds is 5. The van der Waals surface area contributed by atoms with Crippen molar-refractivity contribution in [3.05, 3.63) is 46.4 Å². The highest BCUT2D eigenvalue weighted by Gasteiger charge is 2.19. The number of aromatic nitrogens is 4. The van der Waals surface area contributed by atoms with Gasteiger partial charge >= 0.3 is 6.08 Å². The van der Waals surface area contributed by atoms with Crippen molar-refractivity contribution in [3.8, 4) is 5.75 Å². The highest BCUT2D eigenvalue weighted by atomic mass is 19.1. The smallest absolute Gasteiger partial charge is 0.310 e. The van der Waals surface area contributed by atoms with E-state index in [0.29, 0.717) is 35.7 Å². The first kappa shape index (κ1) is 17.4. The summed E-state index contributed by atoms with van der Waals surface area (Å²) in [5, 5.41) is 0. The van der Waals surface area contributed by atoms with Crippen molar-refractivity contribution in [2.75, 3.05) is 6.61 Å². The number of nitrogens with zero attached hydrogens (tertiary/aromatic N) is 4. The molecule has 0 radical (unpaired) electrons. The third-order valence-electron chi connectivity index (χ3n) is 4.90. The zero-order valence-electron chi connectivity index (χ0n) is 15.3. The van der Waals surface area contributed by atoms with Crippen LogP contribution in [0.5, 0.6) is 5.75 Å². The lowest BCUT2D eigenvalue weighted by Gasteiger charge is -2.11. The summed E-state index contributed by atoms with van der Waals surface area (Å²) in [6.07, 6.45) is 0.740. The van der Waals surface area contributed by atoms with Gasteiger partial charge in [-0.3, -0.25) is 4.79 Å². The molecule has 1 aliphatic heterocycles. The number of imidazole rings is 1. The average molecular weight is 369 g/mol. The van der Waals surface area contributed by atoms with Crippen LogP contribution < -0.4 is 10.5 Å². The monoisotopic (exact) mass is 369 g/mol. The molecule has 27 heavy (non-hydrogen) atoms. The van der Waals surface area contributed by atoms with Crippen LogP contribution in [0, 0.1) is 19.9 Å². The quantitative estimate of drug-likeness (QED) is 0.694. The first-order valence-electron chi connectivity index (χ1n) is 8.85. The van der Waals surface area contributed by atoms with Crippen LogP contribution in [0.15, 0.2) is 12.1 Å². The highest BCUT2D eigenvalue weighted by molar-refractivity contribution is 5.76. The second-order valence-corrected chi connectivity index (χ2v) is 6.81. The maximum atomic E-state index is 13.8. The highest BCUT2D eigenvalue weighted by Crippen LogP contribution is 2.30. The molecule has 0 spiro atoms. The lowest BCUT2D eigenvalue weighted by Crippen LogP contribution is -2.16. The van der Waals surface area contributed by atoms with Gasteiger partial charge in [0.05, 0.1) is 12.3 Å². The van der Waals surface area contributed by atoms with Crippen molar-refractivity contribution >= 4 is 17.1 Å². The van der Waals surface area contributed by atoms with Crippen molar-refractivity contribution in [2.45, 2.75) is 39.7 Å². The summed E-state index contributed by atoms with van der Waals surface area (Å²) in [4.78, 5) is 23.6. The summed E-state index contributed by atoms with van der Waals surface area (Å²) in [5.74, 6) is 1.16. The molecular formula is C19H20FN5O2. The lowest BCUT2D eigenvalue weighted by molar-refractivity contribution is -0.118. The van der Waals surface area contributed by atoms with E-state index < -0.39 is 12.0 Å². The molecule has 0 aliphatic carbocycles. The van der Waals surface area contributed by atoms with E-state index in [-0.39, 0.29) is 13.0 Å². The van der Waals surface area contributed by atoms with Crippen LogP contribution in [0.3, 0.4) is 0 Å². The van der Waals surface area contributed by atoms with Gasteiger partial charge in [-0.25, -0.2) is 9.97 Å².